The van der Waals surface area contributed by atoms with E-state index in [1.165, 1.54) is 11.8 Å². The Hall–Kier alpha value is -2.48. The van der Waals surface area contributed by atoms with Gasteiger partial charge in [0.15, 0.2) is 16.7 Å². The summed E-state index contributed by atoms with van der Waals surface area (Å²) in [5, 5.41) is 0.694. The Balaban J connectivity index is 1.64. The smallest absolute Gasteiger partial charge is 0.309 e. The third kappa shape index (κ3) is 4.49. The Bertz CT molecular complexity index is 813. The molecule has 2 heterocycles. The minimum absolute atomic E-state index is 0.0688. The summed E-state index contributed by atoms with van der Waals surface area (Å²) in [7, 11) is 3.16. The number of carbonyl (C=O) groups excluding carboxylic acids is 2. The van der Waals surface area contributed by atoms with E-state index in [-0.39, 0.29) is 17.8 Å². The zero-order chi connectivity index (χ0) is 20.1. The van der Waals surface area contributed by atoms with Crippen molar-refractivity contribution in [1.82, 2.24) is 4.90 Å². The van der Waals surface area contributed by atoms with E-state index < -0.39 is 0 Å². The lowest BCUT2D eigenvalue weighted by Crippen LogP contribution is -2.39. The molecule has 150 valence electrons. The maximum absolute atomic E-state index is 12.3. The number of hydrogen-bond acceptors (Lipinski definition) is 7. The first-order valence-electron chi connectivity index (χ1n) is 9.21. The van der Waals surface area contributed by atoms with Gasteiger partial charge in [0.1, 0.15) is 0 Å². The molecule has 0 aliphatic carbocycles. The number of esters is 1. The van der Waals surface area contributed by atoms with E-state index in [1.54, 1.807) is 26.4 Å². The van der Waals surface area contributed by atoms with Crippen molar-refractivity contribution < 1.29 is 23.8 Å². The first kappa shape index (κ1) is 20.3. The van der Waals surface area contributed by atoms with E-state index in [1.807, 2.05) is 19.1 Å². The van der Waals surface area contributed by atoms with Crippen LogP contribution in [0.5, 0.6) is 11.5 Å². The van der Waals surface area contributed by atoms with Crippen molar-refractivity contribution in [1.29, 1.82) is 0 Å². The molecule has 7 nitrogen and oxygen atoms in total. The Morgan fingerprint density at radius 1 is 1.25 bits per heavy atom. The van der Waals surface area contributed by atoms with Gasteiger partial charge in [-0.2, -0.15) is 4.99 Å². The topological polar surface area (TPSA) is 77.4 Å². The van der Waals surface area contributed by atoms with Crippen molar-refractivity contribution in [3.05, 3.63) is 28.7 Å². The minimum Gasteiger partial charge on any atom is -0.493 e. The highest BCUT2D eigenvalue weighted by Crippen LogP contribution is 2.34. The van der Waals surface area contributed by atoms with Gasteiger partial charge in [-0.3, -0.25) is 9.59 Å². The maximum Gasteiger partial charge on any atom is 0.309 e. The fraction of sp³-hybridized carbons (Fsp3) is 0.450. The molecule has 8 heteroatoms. The third-order valence-electron chi connectivity index (χ3n) is 4.70. The van der Waals surface area contributed by atoms with Crippen LogP contribution in [0.15, 0.2) is 28.1 Å². The van der Waals surface area contributed by atoms with Gasteiger partial charge >= 0.3 is 5.97 Å². The van der Waals surface area contributed by atoms with Crippen LogP contribution in [0, 0.1) is 5.92 Å². The lowest BCUT2D eigenvalue weighted by atomic mass is 9.97. The standard InChI is InChI=1S/C20H24N2O5S/c1-4-27-19(24)14-7-9-22(10-8-14)20-21-18(23)17(28-20)12-13-5-6-15(25-2)16(11-13)26-3/h5-6,11-12,14H,4,7-10H2,1-3H3/b17-12+. The molecule has 1 aromatic carbocycles. The molecule has 0 unspecified atom stereocenters. The van der Waals surface area contributed by atoms with Crippen LogP contribution in [0.1, 0.15) is 25.3 Å². The molecular weight excluding hydrogens is 380 g/mol. The van der Waals surface area contributed by atoms with Gasteiger partial charge in [0.25, 0.3) is 5.91 Å². The quantitative estimate of drug-likeness (QED) is 0.551. The number of likely N-dealkylation sites (tertiary alicyclic amines) is 1. The molecule has 1 amide bonds. The Kier molecular flexibility index (Phi) is 6.61. The fourth-order valence-electron chi connectivity index (χ4n) is 3.19. The molecule has 0 N–H and O–H groups in total. The minimum atomic E-state index is -0.248. The average Bonchev–Trinajstić information content (AvgIpc) is 3.08. The second-order valence-corrected chi connectivity index (χ2v) is 7.45. The molecule has 0 spiro atoms. The predicted octanol–water partition coefficient (Wildman–Crippen LogP) is 2.95. The number of ether oxygens (including phenoxy) is 3. The number of methoxy groups -OCH3 is 2. The van der Waals surface area contributed by atoms with Gasteiger partial charge in [-0.15, -0.1) is 0 Å². The van der Waals surface area contributed by atoms with Crippen LogP contribution in [0.3, 0.4) is 0 Å². The van der Waals surface area contributed by atoms with Crippen LogP contribution in [0.4, 0.5) is 0 Å². The van der Waals surface area contributed by atoms with Gasteiger partial charge in [-0.05, 0) is 55.3 Å². The molecule has 0 aromatic heterocycles. The van der Waals surface area contributed by atoms with E-state index in [0.29, 0.717) is 54.1 Å². The zero-order valence-corrected chi connectivity index (χ0v) is 17.1. The molecule has 1 aromatic rings. The number of rotatable bonds is 5. The van der Waals surface area contributed by atoms with Crippen molar-refractivity contribution >= 4 is 34.9 Å². The number of amides is 1. The van der Waals surface area contributed by atoms with Crippen LogP contribution in [-0.4, -0.2) is 55.9 Å². The van der Waals surface area contributed by atoms with Crippen molar-refractivity contribution in [3.63, 3.8) is 0 Å². The largest absolute Gasteiger partial charge is 0.493 e. The summed E-state index contributed by atoms with van der Waals surface area (Å²) in [6.45, 7) is 3.59. The predicted molar refractivity (Wildman–Crippen MR) is 108 cm³/mol. The SMILES string of the molecule is CCOC(=O)C1CCN(C2=NC(=O)/C(=C\c3ccc(OC)c(OC)c3)S2)CC1. The molecule has 0 atom stereocenters. The van der Waals surface area contributed by atoms with Crippen molar-refractivity contribution in [2.24, 2.45) is 10.9 Å². The maximum atomic E-state index is 12.3. The molecule has 0 radical (unpaired) electrons. The number of nitrogens with zero attached hydrogens (tertiary/aromatic N) is 2. The number of carbonyl (C=O) groups is 2. The van der Waals surface area contributed by atoms with Crippen LogP contribution in [0.2, 0.25) is 0 Å². The summed E-state index contributed by atoms with van der Waals surface area (Å²) in [5.41, 5.74) is 0.839. The van der Waals surface area contributed by atoms with Gasteiger partial charge in [-0.1, -0.05) is 6.07 Å². The van der Waals surface area contributed by atoms with Gasteiger partial charge in [-0.25, -0.2) is 0 Å². The summed E-state index contributed by atoms with van der Waals surface area (Å²) in [4.78, 5) is 31.0. The number of benzene rings is 1. The normalized spacial score (nSPS) is 19.0. The highest BCUT2D eigenvalue weighted by Gasteiger charge is 2.31. The number of piperidine rings is 1. The van der Waals surface area contributed by atoms with E-state index in [2.05, 4.69) is 9.89 Å². The van der Waals surface area contributed by atoms with E-state index in [0.717, 1.165) is 5.56 Å². The molecule has 3 rings (SSSR count). The van der Waals surface area contributed by atoms with Crippen LogP contribution >= 0.6 is 11.8 Å². The van der Waals surface area contributed by atoms with E-state index in [9.17, 15) is 9.59 Å². The molecule has 2 aliphatic heterocycles. The molecular formula is C20H24N2O5S. The molecule has 1 saturated heterocycles. The highest BCUT2D eigenvalue weighted by atomic mass is 32.2. The second-order valence-electron chi connectivity index (χ2n) is 6.44. The van der Waals surface area contributed by atoms with E-state index in [4.69, 9.17) is 14.2 Å². The van der Waals surface area contributed by atoms with Crippen molar-refractivity contribution in [3.8, 4) is 11.5 Å². The van der Waals surface area contributed by atoms with Gasteiger partial charge in [0.05, 0.1) is 31.6 Å². The van der Waals surface area contributed by atoms with Crippen molar-refractivity contribution in [2.75, 3.05) is 33.9 Å². The number of hydrogen-bond donors (Lipinski definition) is 0. The van der Waals surface area contributed by atoms with Gasteiger partial charge in [0.2, 0.25) is 0 Å². The summed E-state index contributed by atoms with van der Waals surface area (Å²) >= 11 is 1.36. The Labute approximate surface area is 168 Å². The lowest BCUT2D eigenvalue weighted by molar-refractivity contribution is -0.149. The molecule has 0 bridgehead atoms. The molecule has 2 aliphatic rings. The summed E-state index contributed by atoms with van der Waals surface area (Å²) in [6, 6.07) is 5.49. The van der Waals surface area contributed by atoms with Gasteiger partial charge < -0.3 is 19.1 Å². The molecule has 0 saturated carbocycles. The summed E-state index contributed by atoms with van der Waals surface area (Å²) in [6.07, 6.45) is 3.22. The third-order valence-corrected chi connectivity index (χ3v) is 5.74. The molecule has 1 fully saturated rings. The summed E-state index contributed by atoms with van der Waals surface area (Å²) < 4.78 is 15.7. The second kappa shape index (κ2) is 9.14. The zero-order valence-electron chi connectivity index (χ0n) is 16.3. The monoisotopic (exact) mass is 404 g/mol. The summed E-state index contributed by atoms with van der Waals surface area (Å²) in [5.74, 6) is 0.794. The van der Waals surface area contributed by atoms with Crippen LogP contribution in [0.25, 0.3) is 6.08 Å². The number of amidine groups is 1. The first-order valence-corrected chi connectivity index (χ1v) is 10.0. The lowest BCUT2D eigenvalue weighted by Gasteiger charge is -2.31. The highest BCUT2D eigenvalue weighted by molar-refractivity contribution is 8.18. The number of thioether (sulfide) groups is 1. The van der Waals surface area contributed by atoms with Crippen molar-refractivity contribution in [2.45, 2.75) is 19.8 Å². The fourth-order valence-corrected chi connectivity index (χ4v) is 4.16. The molecule has 28 heavy (non-hydrogen) atoms. The van der Waals surface area contributed by atoms with Gasteiger partial charge in [0, 0.05) is 13.1 Å². The Morgan fingerprint density at radius 2 is 1.96 bits per heavy atom. The van der Waals surface area contributed by atoms with Crippen LogP contribution in [-0.2, 0) is 14.3 Å². The van der Waals surface area contributed by atoms with Crippen LogP contribution < -0.4 is 9.47 Å². The van der Waals surface area contributed by atoms with E-state index >= 15 is 0 Å². The average molecular weight is 404 g/mol. The first-order chi connectivity index (χ1) is 13.5. The Morgan fingerprint density at radius 3 is 2.61 bits per heavy atom. The number of aliphatic imine (C=N–C) groups is 1.